The van der Waals surface area contributed by atoms with Crippen LogP contribution in [0.25, 0.3) is 0 Å². The Morgan fingerprint density at radius 3 is 3.08 bits per heavy atom. The molecule has 13 heavy (non-hydrogen) atoms. The molecule has 0 aromatic heterocycles. The normalized spacial score (nSPS) is 23.9. The summed E-state index contributed by atoms with van der Waals surface area (Å²) in [4.78, 5) is 0. The van der Waals surface area contributed by atoms with E-state index in [0.29, 0.717) is 6.10 Å². The third-order valence-electron chi connectivity index (χ3n) is 2.54. The minimum Gasteiger partial charge on any atom is -0.486 e. The number of unbranched alkanes of at least 4 members (excludes halogenated alkanes) is 2. The van der Waals surface area contributed by atoms with Gasteiger partial charge in [0.05, 0.1) is 0 Å². The molecule has 0 spiro atoms. The van der Waals surface area contributed by atoms with Crippen molar-refractivity contribution in [1.82, 2.24) is 0 Å². The fourth-order valence-corrected chi connectivity index (χ4v) is 1.80. The van der Waals surface area contributed by atoms with E-state index in [1.807, 2.05) is 12.2 Å². The molecule has 0 N–H and O–H groups in total. The molecule has 0 aromatic carbocycles. The predicted octanol–water partition coefficient (Wildman–Crippen LogP) is 3.35. The Balaban J connectivity index is 1.82. The number of hydrogen-bond acceptors (Lipinski definition) is 1. The second kappa shape index (κ2) is 3.82. The summed E-state index contributed by atoms with van der Waals surface area (Å²) < 4.78 is 5.74. The summed E-state index contributed by atoms with van der Waals surface area (Å²) in [6.07, 6.45) is 13.8. The molecule has 0 saturated heterocycles. The van der Waals surface area contributed by atoms with E-state index in [-0.39, 0.29) is 0 Å². The van der Waals surface area contributed by atoms with Gasteiger partial charge in [0.1, 0.15) is 11.9 Å². The van der Waals surface area contributed by atoms with E-state index in [1.165, 1.54) is 31.3 Å². The summed E-state index contributed by atoms with van der Waals surface area (Å²) in [7, 11) is 0. The summed E-state index contributed by atoms with van der Waals surface area (Å²) >= 11 is 0. The van der Waals surface area contributed by atoms with E-state index in [1.54, 1.807) is 0 Å². The van der Waals surface area contributed by atoms with Gasteiger partial charge in [0.25, 0.3) is 0 Å². The molecular formula is C12H16O. The van der Waals surface area contributed by atoms with E-state index in [9.17, 15) is 0 Å². The summed E-state index contributed by atoms with van der Waals surface area (Å²) in [5.74, 6) is 1.07. The highest BCUT2D eigenvalue weighted by Crippen LogP contribution is 2.30. The van der Waals surface area contributed by atoms with Gasteiger partial charge >= 0.3 is 0 Å². The molecule has 1 heteroatoms. The van der Waals surface area contributed by atoms with Gasteiger partial charge in [-0.15, -0.1) is 0 Å². The second-order valence-corrected chi connectivity index (χ2v) is 3.66. The molecule has 1 nitrogen and oxygen atoms in total. The molecule has 0 radical (unpaired) electrons. The molecule has 0 fully saturated rings. The smallest absolute Gasteiger partial charge is 0.127 e. The van der Waals surface area contributed by atoms with Crippen molar-refractivity contribution in [3.8, 4) is 0 Å². The zero-order valence-electron chi connectivity index (χ0n) is 8.12. The van der Waals surface area contributed by atoms with Gasteiger partial charge in [-0.25, -0.2) is 0 Å². The molecule has 1 unspecified atom stereocenters. The molecule has 0 amide bonds. The van der Waals surface area contributed by atoms with Crippen LogP contribution < -0.4 is 0 Å². The summed E-state index contributed by atoms with van der Waals surface area (Å²) in [6.45, 7) is 2.23. The standard InChI is InChI=1S/C12H16O/c1-2-3-4-7-11-9-10-6-5-8-12(10)13-11/h5-6,8-9,11H,2-4,7H2,1H3. The van der Waals surface area contributed by atoms with Crippen molar-refractivity contribution in [3.63, 3.8) is 0 Å². The van der Waals surface area contributed by atoms with Crippen molar-refractivity contribution >= 4 is 0 Å². The van der Waals surface area contributed by atoms with Crippen molar-refractivity contribution in [3.05, 3.63) is 35.6 Å². The van der Waals surface area contributed by atoms with Crippen molar-refractivity contribution < 1.29 is 4.74 Å². The molecule has 1 aliphatic heterocycles. The average molecular weight is 176 g/mol. The van der Waals surface area contributed by atoms with Crippen LogP contribution in [0.4, 0.5) is 0 Å². The first-order chi connectivity index (χ1) is 6.40. The van der Waals surface area contributed by atoms with E-state index in [2.05, 4.69) is 19.1 Å². The van der Waals surface area contributed by atoms with Gasteiger partial charge in [0, 0.05) is 5.57 Å². The average Bonchev–Trinajstić information content (AvgIpc) is 2.64. The number of rotatable bonds is 4. The monoisotopic (exact) mass is 176 g/mol. The van der Waals surface area contributed by atoms with Gasteiger partial charge in [-0.1, -0.05) is 31.9 Å². The fourth-order valence-electron chi connectivity index (χ4n) is 1.80. The van der Waals surface area contributed by atoms with Crippen LogP contribution in [0, 0.1) is 0 Å². The van der Waals surface area contributed by atoms with Gasteiger partial charge in [-0.05, 0) is 25.0 Å². The third kappa shape index (κ3) is 1.85. The summed E-state index contributed by atoms with van der Waals surface area (Å²) in [5, 5.41) is 0. The SMILES string of the molecule is CCCCCC1C=C2C=CC=C2O1. The van der Waals surface area contributed by atoms with Gasteiger partial charge in [0.15, 0.2) is 0 Å². The maximum Gasteiger partial charge on any atom is 0.127 e. The lowest BCUT2D eigenvalue weighted by atomic mass is 10.1. The van der Waals surface area contributed by atoms with Crippen LogP contribution in [-0.4, -0.2) is 6.10 Å². The summed E-state index contributed by atoms with van der Waals surface area (Å²) in [6, 6.07) is 0. The zero-order chi connectivity index (χ0) is 9.10. The van der Waals surface area contributed by atoms with Crippen LogP contribution in [0.3, 0.4) is 0 Å². The quantitative estimate of drug-likeness (QED) is 0.597. The lowest BCUT2D eigenvalue weighted by Gasteiger charge is -2.08. The summed E-state index contributed by atoms with van der Waals surface area (Å²) in [5.41, 5.74) is 1.28. The zero-order valence-corrected chi connectivity index (χ0v) is 8.12. The first kappa shape index (κ1) is 8.61. The van der Waals surface area contributed by atoms with Crippen molar-refractivity contribution in [2.45, 2.75) is 38.7 Å². The van der Waals surface area contributed by atoms with Crippen LogP contribution in [0.5, 0.6) is 0 Å². The first-order valence-corrected chi connectivity index (χ1v) is 5.17. The predicted molar refractivity (Wildman–Crippen MR) is 54.3 cm³/mol. The van der Waals surface area contributed by atoms with Crippen LogP contribution in [-0.2, 0) is 4.74 Å². The van der Waals surface area contributed by atoms with E-state index in [0.717, 1.165) is 5.76 Å². The molecular weight excluding hydrogens is 160 g/mol. The molecule has 1 heterocycles. The number of ether oxygens (including phenoxy) is 1. The Bertz CT molecular complexity index is 271. The minimum atomic E-state index is 0.345. The van der Waals surface area contributed by atoms with Gasteiger partial charge in [-0.3, -0.25) is 0 Å². The molecule has 1 aliphatic carbocycles. The number of hydrogen-bond donors (Lipinski definition) is 0. The molecule has 2 rings (SSSR count). The molecule has 0 aromatic rings. The van der Waals surface area contributed by atoms with Crippen molar-refractivity contribution in [2.75, 3.05) is 0 Å². The molecule has 0 saturated carbocycles. The van der Waals surface area contributed by atoms with E-state index in [4.69, 9.17) is 4.74 Å². The Labute approximate surface area is 79.8 Å². The van der Waals surface area contributed by atoms with Gasteiger partial charge in [0.2, 0.25) is 0 Å². The largest absolute Gasteiger partial charge is 0.486 e. The van der Waals surface area contributed by atoms with E-state index >= 15 is 0 Å². The Kier molecular flexibility index (Phi) is 2.53. The topological polar surface area (TPSA) is 9.23 Å². The third-order valence-corrected chi connectivity index (χ3v) is 2.54. The van der Waals surface area contributed by atoms with Crippen molar-refractivity contribution in [2.24, 2.45) is 0 Å². The molecule has 1 atom stereocenters. The highest BCUT2D eigenvalue weighted by Gasteiger charge is 2.21. The second-order valence-electron chi connectivity index (χ2n) is 3.66. The Hall–Kier alpha value is -0.980. The Morgan fingerprint density at radius 2 is 2.31 bits per heavy atom. The fraction of sp³-hybridized carbons (Fsp3) is 0.500. The van der Waals surface area contributed by atoms with Crippen LogP contribution in [0.1, 0.15) is 32.6 Å². The number of allylic oxidation sites excluding steroid dienone is 3. The van der Waals surface area contributed by atoms with Gasteiger partial charge < -0.3 is 4.74 Å². The highest BCUT2D eigenvalue weighted by molar-refractivity contribution is 5.48. The molecule has 70 valence electrons. The first-order valence-electron chi connectivity index (χ1n) is 5.17. The maximum absolute atomic E-state index is 5.74. The maximum atomic E-state index is 5.74. The Morgan fingerprint density at radius 1 is 1.38 bits per heavy atom. The lowest BCUT2D eigenvalue weighted by molar-refractivity contribution is 0.169. The van der Waals surface area contributed by atoms with Crippen LogP contribution in [0.2, 0.25) is 0 Å². The number of fused-ring (bicyclic) bond motifs is 1. The van der Waals surface area contributed by atoms with E-state index < -0.39 is 0 Å². The van der Waals surface area contributed by atoms with Crippen LogP contribution in [0.15, 0.2) is 35.6 Å². The van der Waals surface area contributed by atoms with Crippen LogP contribution >= 0.6 is 0 Å². The highest BCUT2D eigenvalue weighted by atomic mass is 16.5. The molecule has 2 aliphatic rings. The molecule has 0 bridgehead atoms. The van der Waals surface area contributed by atoms with Gasteiger partial charge in [-0.2, -0.15) is 0 Å². The van der Waals surface area contributed by atoms with Crippen molar-refractivity contribution in [1.29, 1.82) is 0 Å². The lowest BCUT2D eigenvalue weighted by Crippen LogP contribution is -2.02. The minimum absolute atomic E-state index is 0.345.